The molecule has 3 aromatic rings. The van der Waals surface area contributed by atoms with Gasteiger partial charge in [-0.2, -0.15) is 0 Å². The minimum atomic E-state index is -0.390. The molecule has 33 heavy (non-hydrogen) atoms. The normalized spacial score (nSPS) is 11.7. The van der Waals surface area contributed by atoms with E-state index in [9.17, 15) is 14.0 Å². The average molecular weight is 467 g/mol. The monoisotopic (exact) mass is 466 g/mol. The van der Waals surface area contributed by atoms with Crippen molar-refractivity contribution in [3.63, 3.8) is 0 Å². The number of hydrogen-bond donors (Lipinski definition) is 2. The van der Waals surface area contributed by atoms with Crippen LogP contribution < -0.4 is 10.6 Å². The van der Waals surface area contributed by atoms with Crippen molar-refractivity contribution in [3.8, 4) is 0 Å². The average Bonchev–Trinajstić information content (AvgIpc) is 2.79. The summed E-state index contributed by atoms with van der Waals surface area (Å²) in [6.07, 6.45) is 2.87. The number of thioether (sulfide) groups is 1. The van der Waals surface area contributed by atoms with Crippen molar-refractivity contribution in [3.05, 3.63) is 82.4 Å². The van der Waals surface area contributed by atoms with Gasteiger partial charge in [0.1, 0.15) is 5.82 Å². The van der Waals surface area contributed by atoms with E-state index in [0.29, 0.717) is 24.1 Å². The van der Waals surface area contributed by atoms with E-state index < -0.39 is 0 Å². The van der Waals surface area contributed by atoms with Crippen LogP contribution in [0.25, 0.3) is 0 Å². The molecule has 0 aliphatic rings. The molecule has 2 amide bonds. The van der Waals surface area contributed by atoms with Crippen LogP contribution in [-0.2, 0) is 11.2 Å². The quantitative estimate of drug-likeness (QED) is 0.360. The Balaban J connectivity index is 1.54. The van der Waals surface area contributed by atoms with Gasteiger partial charge in [-0.05, 0) is 81.0 Å². The van der Waals surface area contributed by atoms with Gasteiger partial charge in [0.25, 0.3) is 5.91 Å². The van der Waals surface area contributed by atoms with Crippen LogP contribution in [0.4, 0.5) is 10.1 Å². The Morgan fingerprint density at radius 2 is 1.61 bits per heavy atom. The largest absolute Gasteiger partial charge is 0.350 e. The molecule has 8 heteroatoms. The summed E-state index contributed by atoms with van der Waals surface area (Å²) in [6, 6.07) is 12.4. The lowest BCUT2D eigenvalue weighted by atomic mass is 10.1. The number of carbonyl (C=O) groups is 2. The van der Waals surface area contributed by atoms with Gasteiger partial charge in [-0.15, -0.1) is 0 Å². The Kier molecular flexibility index (Phi) is 8.16. The van der Waals surface area contributed by atoms with E-state index in [4.69, 9.17) is 0 Å². The van der Waals surface area contributed by atoms with Crippen molar-refractivity contribution in [2.24, 2.45) is 0 Å². The number of hydrogen-bond acceptors (Lipinski definition) is 5. The van der Waals surface area contributed by atoms with Crippen LogP contribution in [0.15, 0.2) is 53.7 Å². The lowest BCUT2D eigenvalue weighted by Crippen LogP contribution is -2.27. The highest BCUT2D eigenvalue weighted by atomic mass is 32.2. The van der Waals surface area contributed by atoms with Crippen molar-refractivity contribution in [2.75, 3.05) is 11.6 Å². The fourth-order valence-corrected chi connectivity index (χ4v) is 3.91. The predicted molar refractivity (Wildman–Crippen MR) is 129 cm³/mol. The van der Waals surface area contributed by atoms with Crippen LogP contribution in [0.5, 0.6) is 0 Å². The number of nitrogens with zero attached hydrogens (tertiary/aromatic N) is 2. The highest BCUT2D eigenvalue weighted by molar-refractivity contribution is 7.98. The van der Waals surface area contributed by atoms with E-state index in [2.05, 4.69) is 20.6 Å². The molecule has 1 aromatic heterocycles. The van der Waals surface area contributed by atoms with Gasteiger partial charge < -0.3 is 10.6 Å². The van der Waals surface area contributed by atoms with Crippen molar-refractivity contribution in [1.82, 2.24) is 15.3 Å². The predicted octanol–water partition coefficient (Wildman–Crippen LogP) is 5.02. The molecule has 0 radical (unpaired) electrons. The molecule has 0 saturated heterocycles. The zero-order valence-corrected chi connectivity index (χ0v) is 19.9. The highest BCUT2D eigenvalue weighted by Gasteiger charge is 2.14. The number of anilines is 1. The van der Waals surface area contributed by atoms with Gasteiger partial charge in [0.2, 0.25) is 5.91 Å². The van der Waals surface area contributed by atoms with Crippen LogP contribution in [0.1, 0.15) is 52.3 Å². The standard InChI is InChI=1S/C25H27FN4O2S/c1-15(27-23(31)14-13-22-16(2)28-25(33-4)29-17(22)3)18-7-11-21(12-8-18)30-24(32)19-5-9-20(26)10-6-19/h5-12,15H,13-14H2,1-4H3,(H,27,31)(H,30,32). The molecular weight excluding hydrogens is 439 g/mol. The van der Waals surface area contributed by atoms with E-state index >= 15 is 0 Å². The number of aromatic nitrogens is 2. The first-order valence-corrected chi connectivity index (χ1v) is 11.8. The van der Waals surface area contributed by atoms with Crippen molar-refractivity contribution in [1.29, 1.82) is 0 Å². The fraction of sp³-hybridized carbons (Fsp3) is 0.280. The fourth-order valence-electron chi connectivity index (χ4n) is 3.46. The summed E-state index contributed by atoms with van der Waals surface area (Å²) in [5.41, 5.74) is 4.74. The second-order valence-electron chi connectivity index (χ2n) is 7.73. The van der Waals surface area contributed by atoms with Crippen LogP contribution in [0, 0.1) is 19.7 Å². The molecule has 3 rings (SSSR count). The zero-order valence-electron chi connectivity index (χ0n) is 19.1. The van der Waals surface area contributed by atoms with Gasteiger partial charge in [-0.25, -0.2) is 14.4 Å². The minimum absolute atomic E-state index is 0.0519. The van der Waals surface area contributed by atoms with Gasteiger partial charge in [0, 0.05) is 29.1 Å². The maximum absolute atomic E-state index is 13.0. The third kappa shape index (κ3) is 6.61. The summed E-state index contributed by atoms with van der Waals surface area (Å²) >= 11 is 1.50. The van der Waals surface area contributed by atoms with Crippen LogP contribution >= 0.6 is 11.8 Å². The van der Waals surface area contributed by atoms with E-state index in [1.165, 1.54) is 36.0 Å². The Labute approximate surface area is 197 Å². The second-order valence-corrected chi connectivity index (χ2v) is 8.51. The smallest absolute Gasteiger partial charge is 0.255 e. The second kappa shape index (κ2) is 11.0. The Hall–Kier alpha value is -3.26. The van der Waals surface area contributed by atoms with E-state index in [0.717, 1.165) is 27.7 Å². The Bertz CT molecular complexity index is 1110. The zero-order chi connectivity index (χ0) is 24.0. The molecule has 0 bridgehead atoms. The Morgan fingerprint density at radius 3 is 2.18 bits per heavy atom. The van der Waals surface area contributed by atoms with Gasteiger partial charge in [-0.1, -0.05) is 23.9 Å². The van der Waals surface area contributed by atoms with Gasteiger partial charge in [0.15, 0.2) is 5.16 Å². The molecule has 2 aromatic carbocycles. The maximum Gasteiger partial charge on any atom is 0.255 e. The lowest BCUT2D eigenvalue weighted by Gasteiger charge is -2.16. The first kappa shape index (κ1) is 24.4. The maximum atomic E-state index is 13.0. The Morgan fingerprint density at radius 1 is 1.00 bits per heavy atom. The number of carbonyl (C=O) groups excluding carboxylic acids is 2. The number of nitrogens with one attached hydrogen (secondary N) is 2. The van der Waals surface area contributed by atoms with Crippen LogP contribution in [0.3, 0.4) is 0 Å². The molecule has 1 unspecified atom stereocenters. The first-order chi connectivity index (χ1) is 15.8. The summed E-state index contributed by atoms with van der Waals surface area (Å²) < 4.78 is 13.0. The summed E-state index contributed by atoms with van der Waals surface area (Å²) in [4.78, 5) is 33.7. The number of aryl methyl sites for hydroxylation is 2. The van der Waals surface area contributed by atoms with Crippen molar-refractivity contribution < 1.29 is 14.0 Å². The van der Waals surface area contributed by atoms with Gasteiger partial charge in [0.05, 0.1) is 6.04 Å². The number of amides is 2. The van der Waals surface area contributed by atoms with Gasteiger partial charge in [-0.3, -0.25) is 9.59 Å². The molecule has 0 saturated carbocycles. The van der Waals surface area contributed by atoms with E-state index in [1.807, 2.05) is 39.2 Å². The third-order valence-corrected chi connectivity index (χ3v) is 5.88. The van der Waals surface area contributed by atoms with E-state index in [-0.39, 0.29) is 23.7 Å². The van der Waals surface area contributed by atoms with Gasteiger partial charge >= 0.3 is 0 Å². The summed E-state index contributed by atoms with van der Waals surface area (Å²) in [7, 11) is 0. The van der Waals surface area contributed by atoms with E-state index in [1.54, 1.807) is 12.1 Å². The summed E-state index contributed by atoms with van der Waals surface area (Å²) in [5.74, 6) is -0.757. The summed E-state index contributed by atoms with van der Waals surface area (Å²) in [5, 5.41) is 6.53. The highest BCUT2D eigenvalue weighted by Crippen LogP contribution is 2.19. The molecule has 172 valence electrons. The molecule has 0 aliphatic heterocycles. The van der Waals surface area contributed by atoms with Crippen LogP contribution in [0.2, 0.25) is 0 Å². The first-order valence-electron chi connectivity index (χ1n) is 10.6. The molecule has 0 spiro atoms. The summed E-state index contributed by atoms with van der Waals surface area (Å²) in [6.45, 7) is 5.80. The number of rotatable bonds is 8. The number of benzene rings is 2. The molecular formula is C25H27FN4O2S. The molecule has 2 N–H and O–H groups in total. The van der Waals surface area contributed by atoms with Crippen LogP contribution in [-0.4, -0.2) is 28.0 Å². The van der Waals surface area contributed by atoms with Crippen molar-refractivity contribution >= 4 is 29.3 Å². The minimum Gasteiger partial charge on any atom is -0.350 e. The molecule has 1 heterocycles. The lowest BCUT2D eigenvalue weighted by molar-refractivity contribution is -0.121. The molecule has 0 aliphatic carbocycles. The molecule has 6 nitrogen and oxygen atoms in total. The molecule has 0 fully saturated rings. The molecule has 1 atom stereocenters. The van der Waals surface area contributed by atoms with Crippen molar-refractivity contribution in [2.45, 2.75) is 44.8 Å². The third-order valence-electron chi connectivity index (χ3n) is 5.34. The SMILES string of the molecule is CSc1nc(C)c(CCC(=O)NC(C)c2ccc(NC(=O)c3ccc(F)cc3)cc2)c(C)n1. The topological polar surface area (TPSA) is 84.0 Å². The number of halogens is 1.